The van der Waals surface area contributed by atoms with Gasteiger partial charge in [-0.25, -0.2) is 4.79 Å². The molecule has 3 amide bonds. The number of primary amides is 1. The van der Waals surface area contributed by atoms with Gasteiger partial charge in [0.15, 0.2) is 0 Å². The van der Waals surface area contributed by atoms with Crippen LogP contribution in [0.15, 0.2) is 42.5 Å². The first-order valence-electron chi connectivity index (χ1n) is 6.66. The topological polar surface area (TPSA) is 84.2 Å². The number of carbonyl (C=O) groups is 2. The highest BCUT2D eigenvalue weighted by atomic mass is 35.5. The second-order valence-corrected chi connectivity index (χ2v) is 6.46. The zero-order valence-corrected chi connectivity index (χ0v) is 13.3. The quantitative estimate of drug-likeness (QED) is 0.757. The van der Waals surface area contributed by atoms with Crippen molar-refractivity contribution in [1.29, 1.82) is 0 Å². The minimum absolute atomic E-state index is 0.117. The third-order valence-corrected chi connectivity index (χ3v) is 4.23. The Morgan fingerprint density at radius 2 is 1.91 bits per heavy atom. The maximum Gasteiger partial charge on any atom is 0.312 e. The SMILES string of the molecule is NC(=O)N[C@@H](CC(=O)NCc1ccc(Cl)s1)c1ccccc1. The van der Waals surface area contributed by atoms with Crippen LogP contribution in [0.4, 0.5) is 4.79 Å². The van der Waals surface area contributed by atoms with Gasteiger partial charge in [-0.2, -0.15) is 0 Å². The van der Waals surface area contributed by atoms with Crippen molar-refractivity contribution in [2.45, 2.75) is 19.0 Å². The number of hydrogen-bond donors (Lipinski definition) is 3. The molecule has 0 fully saturated rings. The van der Waals surface area contributed by atoms with E-state index in [0.29, 0.717) is 10.9 Å². The number of urea groups is 1. The van der Waals surface area contributed by atoms with Gasteiger partial charge in [0.05, 0.1) is 23.3 Å². The van der Waals surface area contributed by atoms with Crippen LogP contribution in [-0.2, 0) is 11.3 Å². The summed E-state index contributed by atoms with van der Waals surface area (Å²) in [4.78, 5) is 24.1. The Balaban J connectivity index is 1.94. The molecular formula is C15H16ClN3O2S. The summed E-state index contributed by atoms with van der Waals surface area (Å²) >= 11 is 7.26. The Hall–Kier alpha value is -2.05. The summed E-state index contributed by atoms with van der Waals surface area (Å²) in [5, 5.41) is 5.40. The van der Waals surface area contributed by atoms with Gasteiger partial charge < -0.3 is 16.4 Å². The number of amides is 3. The van der Waals surface area contributed by atoms with Crippen LogP contribution in [0.25, 0.3) is 0 Å². The Morgan fingerprint density at radius 3 is 2.50 bits per heavy atom. The van der Waals surface area contributed by atoms with Crippen LogP contribution in [0.3, 0.4) is 0 Å². The minimum atomic E-state index is -0.660. The van der Waals surface area contributed by atoms with E-state index in [1.54, 1.807) is 6.07 Å². The zero-order valence-electron chi connectivity index (χ0n) is 11.7. The maximum absolute atomic E-state index is 12.1. The average molecular weight is 338 g/mol. The third-order valence-electron chi connectivity index (χ3n) is 3.00. The second-order valence-electron chi connectivity index (χ2n) is 4.66. The van der Waals surface area contributed by atoms with Crippen molar-refractivity contribution >= 4 is 34.9 Å². The average Bonchev–Trinajstić information content (AvgIpc) is 2.91. The van der Waals surface area contributed by atoms with Crippen LogP contribution in [0.5, 0.6) is 0 Å². The summed E-state index contributed by atoms with van der Waals surface area (Å²) in [6.07, 6.45) is 0.117. The maximum atomic E-state index is 12.1. The second kappa shape index (κ2) is 7.82. The fourth-order valence-electron chi connectivity index (χ4n) is 2.00. The number of nitrogens with two attached hydrogens (primary N) is 1. The van der Waals surface area contributed by atoms with Crippen molar-refractivity contribution in [1.82, 2.24) is 10.6 Å². The zero-order chi connectivity index (χ0) is 15.9. The molecule has 0 saturated heterocycles. The van der Waals surface area contributed by atoms with Crippen LogP contribution < -0.4 is 16.4 Å². The summed E-state index contributed by atoms with van der Waals surface area (Å²) < 4.78 is 0.682. The molecule has 0 spiro atoms. The van der Waals surface area contributed by atoms with Crippen molar-refractivity contribution in [3.8, 4) is 0 Å². The molecule has 1 aromatic heterocycles. The van der Waals surface area contributed by atoms with E-state index in [1.165, 1.54) is 11.3 Å². The molecule has 1 heterocycles. The van der Waals surface area contributed by atoms with E-state index in [2.05, 4.69) is 10.6 Å². The lowest BCUT2D eigenvalue weighted by Gasteiger charge is -2.17. The molecule has 0 unspecified atom stereocenters. The van der Waals surface area contributed by atoms with Gasteiger partial charge in [0.2, 0.25) is 5.91 Å². The van der Waals surface area contributed by atoms with Crippen LogP contribution in [0, 0.1) is 0 Å². The van der Waals surface area contributed by atoms with E-state index in [1.807, 2.05) is 36.4 Å². The first kappa shape index (κ1) is 16.3. The Morgan fingerprint density at radius 1 is 1.18 bits per heavy atom. The highest BCUT2D eigenvalue weighted by molar-refractivity contribution is 7.16. The Labute approximate surface area is 137 Å². The normalized spacial score (nSPS) is 11.7. The van der Waals surface area contributed by atoms with E-state index in [-0.39, 0.29) is 12.3 Å². The minimum Gasteiger partial charge on any atom is -0.352 e. The van der Waals surface area contributed by atoms with Crippen LogP contribution in [0.1, 0.15) is 22.9 Å². The molecule has 0 aliphatic heterocycles. The van der Waals surface area contributed by atoms with Crippen molar-refractivity contribution in [3.63, 3.8) is 0 Å². The lowest BCUT2D eigenvalue weighted by Crippen LogP contribution is -2.36. The number of hydrogen-bond acceptors (Lipinski definition) is 3. The monoisotopic (exact) mass is 337 g/mol. The summed E-state index contributed by atoms with van der Waals surface area (Å²) in [7, 11) is 0. The number of thiophene rings is 1. The Bertz CT molecular complexity index is 645. The number of nitrogens with one attached hydrogen (secondary N) is 2. The molecule has 0 aliphatic rings. The van der Waals surface area contributed by atoms with Crippen LogP contribution >= 0.6 is 22.9 Å². The van der Waals surface area contributed by atoms with Gasteiger partial charge in [-0.1, -0.05) is 41.9 Å². The fourth-order valence-corrected chi connectivity index (χ4v) is 3.03. The van der Waals surface area contributed by atoms with Crippen molar-refractivity contribution in [2.24, 2.45) is 5.73 Å². The molecule has 4 N–H and O–H groups in total. The van der Waals surface area contributed by atoms with Gasteiger partial charge in [0.25, 0.3) is 0 Å². The van der Waals surface area contributed by atoms with E-state index in [0.717, 1.165) is 10.4 Å². The smallest absolute Gasteiger partial charge is 0.312 e. The first-order valence-corrected chi connectivity index (χ1v) is 7.86. The molecule has 22 heavy (non-hydrogen) atoms. The summed E-state index contributed by atoms with van der Waals surface area (Å²) in [5.74, 6) is -0.174. The van der Waals surface area contributed by atoms with Gasteiger partial charge in [-0.3, -0.25) is 4.79 Å². The number of halogens is 1. The molecule has 2 aromatic rings. The molecule has 1 atom stereocenters. The molecule has 0 radical (unpaired) electrons. The van der Waals surface area contributed by atoms with E-state index in [4.69, 9.17) is 17.3 Å². The molecule has 0 saturated carbocycles. The predicted molar refractivity (Wildman–Crippen MR) is 87.7 cm³/mol. The predicted octanol–water partition coefficient (Wildman–Crippen LogP) is 2.82. The van der Waals surface area contributed by atoms with Gasteiger partial charge in [-0.15, -0.1) is 11.3 Å². The van der Waals surface area contributed by atoms with Crippen molar-refractivity contribution in [2.75, 3.05) is 0 Å². The number of carbonyl (C=O) groups excluding carboxylic acids is 2. The van der Waals surface area contributed by atoms with E-state index in [9.17, 15) is 9.59 Å². The third kappa shape index (κ3) is 5.05. The van der Waals surface area contributed by atoms with Gasteiger partial charge in [0.1, 0.15) is 0 Å². The summed E-state index contributed by atoms with van der Waals surface area (Å²) in [5.41, 5.74) is 6.01. The molecule has 5 nitrogen and oxygen atoms in total. The van der Waals surface area contributed by atoms with Crippen molar-refractivity contribution in [3.05, 3.63) is 57.2 Å². The molecule has 7 heteroatoms. The lowest BCUT2D eigenvalue weighted by molar-refractivity contribution is -0.121. The lowest BCUT2D eigenvalue weighted by atomic mass is 10.0. The molecule has 1 aromatic carbocycles. The summed E-state index contributed by atoms with van der Waals surface area (Å²) in [6, 6.07) is 11.8. The standard InChI is InChI=1S/C15H16ClN3O2S/c16-13-7-6-11(22-13)9-18-14(20)8-12(19-15(17)21)10-4-2-1-3-5-10/h1-7,12H,8-9H2,(H,18,20)(H3,17,19,21)/t12-/m0/s1. The highest BCUT2D eigenvalue weighted by Crippen LogP contribution is 2.21. The van der Waals surface area contributed by atoms with Gasteiger partial charge in [-0.05, 0) is 17.7 Å². The van der Waals surface area contributed by atoms with Crippen LogP contribution in [0.2, 0.25) is 4.34 Å². The number of benzene rings is 1. The van der Waals surface area contributed by atoms with E-state index < -0.39 is 12.1 Å². The largest absolute Gasteiger partial charge is 0.352 e. The van der Waals surface area contributed by atoms with Gasteiger partial charge in [0, 0.05) is 4.88 Å². The molecular weight excluding hydrogens is 322 g/mol. The number of rotatable bonds is 6. The van der Waals surface area contributed by atoms with Gasteiger partial charge >= 0.3 is 6.03 Å². The van der Waals surface area contributed by atoms with E-state index >= 15 is 0 Å². The van der Waals surface area contributed by atoms with Crippen LogP contribution in [-0.4, -0.2) is 11.9 Å². The first-order chi connectivity index (χ1) is 10.5. The molecule has 116 valence electrons. The molecule has 0 aliphatic carbocycles. The fraction of sp³-hybridized carbons (Fsp3) is 0.200. The summed E-state index contributed by atoms with van der Waals surface area (Å²) in [6.45, 7) is 0.411. The molecule has 0 bridgehead atoms. The highest BCUT2D eigenvalue weighted by Gasteiger charge is 2.17. The van der Waals surface area contributed by atoms with Crippen molar-refractivity contribution < 1.29 is 9.59 Å². The Kier molecular flexibility index (Phi) is 5.80. The molecule has 2 rings (SSSR count).